The van der Waals surface area contributed by atoms with E-state index in [4.69, 9.17) is 0 Å². The van der Waals surface area contributed by atoms with Gasteiger partial charge >= 0.3 is 0 Å². The summed E-state index contributed by atoms with van der Waals surface area (Å²) in [6, 6.07) is 7.85. The van der Waals surface area contributed by atoms with Crippen molar-refractivity contribution in [1.29, 1.82) is 0 Å². The van der Waals surface area contributed by atoms with Gasteiger partial charge in [-0.05, 0) is 36.6 Å². The molecule has 2 heterocycles. The normalized spacial score (nSPS) is 13.4. The third-order valence-electron chi connectivity index (χ3n) is 3.78. The predicted octanol–water partition coefficient (Wildman–Crippen LogP) is 1.75. The summed E-state index contributed by atoms with van der Waals surface area (Å²) >= 11 is 0. The van der Waals surface area contributed by atoms with E-state index in [1.807, 2.05) is 37.5 Å². The summed E-state index contributed by atoms with van der Waals surface area (Å²) in [4.78, 5) is 12.3. The third-order valence-corrected chi connectivity index (χ3v) is 3.78. The Labute approximate surface area is 124 Å². The van der Waals surface area contributed by atoms with Crippen molar-refractivity contribution < 1.29 is 4.79 Å². The van der Waals surface area contributed by atoms with Gasteiger partial charge in [-0.2, -0.15) is 5.10 Å². The number of anilines is 1. The first kappa shape index (κ1) is 13.7. The summed E-state index contributed by atoms with van der Waals surface area (Å²) in [6.07, 6.45) is 4.70. The molecule has 0 fully saturated rings. The Hall–Kier alpha value is -2.30. The van der Waals surface area contributed by atoms with E-state index in [9.17, 15) is 4.79 Å². The zero-order valence-corrected chi connectivity index (χ0v) is 12.2. The largest absolute Gasteiger partial charge is 0.385 e. The number of benzene rings is 1. The first-order valence-corrected chi connectivity index (χ1v) is 7.36. The molecule has 2 aromatic rings. The van der Waals surface area contributed by atoms with Gasteiger partial charge in [-0.1, -0.05) is 6.07 Å². The lowest BCUT2D eigenvalue weighted by molar-refractivity contribution is 0.0953. The molecule has 21 heavy (non-hydrogen) atoms. The molecule has 0 saturated carbocycles. The Morgan fingerprint density at radius 2 is 2.33 bits per heavy atom. The van der Waals surface area contributed by atoms with Crippen molar-refractivity contribution in [3.05, 3.63) is 47.3 Å². The number of nitrogens with one attached hydrogen (secondary N) is 2. The van der Waals surface area contributed by atoms with E-state index >= 15 is 0 Å². The van der Waals surface area contributed by atoms with Crippen LogP contribution in [0, 0.1) is 0 Å². The van der Waals surface area contributed by atoms with E-state index in [-0.39, 0.29) is 5.91 Å². The van der Waals surface area contributed by atoms with Gasteiger partial charge in [-0.15, -0.1) is 0 Å². The van der Waals surface area contributed by atoms with Crippen molar-refractivity contribution in [1.82, 2.24) is 15.1 Å². The Balaban J connectivity index is 1.63. The lowest BCUT2D eigenvalue weighted by Gasteiger charge is -2.20. The maximum atomic E-state index is 12.3. The number of rotatable bonds is 4. The average molecular weight is 284 g/mol. The molecule has 1 aromatic carbocycles. The number of aryl methyl sites for hydroxylation is 1. The van der Waals surface area contributed by atoms with E-state index in [1.165, 1.54) is 0 Å². The number of nitrogens with zero attached hydrogens (tertiary/aromatic N) is 2. The second-order valence-corrected chi connectivity index (χ2v) is 5.35. The van der Waals surface area contributed by atoms with Crippen molar-refractivity contribution in [2.45, 2.75) is 19.3 Å². The van der Waals surface area contributed by atoms with Crippen LogP contribution in [0.2, 0.25) is 0 Å². The highest BCUT2D eigenvalue weighted by atomic mass is 16.1. The molecule has 0 aliphatic carbocycles. The summed E-state index contributed by atoms with van der Waals surface area (Å²) in [5.74, 6) is 0.00600. The van der Waals surface area contributed by atoms with E-state index in [0.29, 0.717) is 6.54 Å². The molecule has 0 saturated heterocycles. The molecule has 1 amide bonds. The predicted molar refractivity (Wildman–Crippen MR) is 82.5 cm³/mol. The van der Waals surface area contributed by atoms with Crippen molar-refractivity contribution in [2.75, 3.05) is 18.4 Å². The molecule has 1 aromatic heterocycles. The first-order chi connectivity index (χ1) is 10.2. The molecular weight excluding hydrogens is 264 g/mol. The molecule has 2 N–H and O–H groups in total. The number of hydrogen-bond donors (Lipinski definition) is 2. The highest BCUT2D eigenvalue weighted by molar-refractivity contribution is 5.97. The van der Waals surface area contributed by atoms with Crippen LogP contribution in [0.3, 0.4) is 0 Å². The van der Waals surface area contributed by atoms with Crippen LogP contribution in [-0.2, 0) is 19.9 Å². The fourth-order valence-corrected chi connectivity index (χ4v) is 2.72. The summed E-state index contributed by atoms with van der Waals surface area (Å²) < 4.78 is 1.77. The van der Waals surface area contributed by atoms with Gasteiger partial charge in [0.05, 0.1) is 5.69 Å². The number of fused-ring (bicyclic) bond motifs is 1. The molecule has 0 bridgehead atoms. The number of amides is 1. The minimum Gasteiger partial charge on any atom is -0.385 e. The minimum atomic E-state index is 0.00600. The van der Waals surface area contributed by atoms with Crippen LogP contribution in [-0.4, -0.2) is 28.8 Å². The van der Waals surface area contributed by atoms with E-state index in [2.05, 4.69) is 15.7 Å². The standard InChI is InChI=1S/C16H20N4O/c1-20-11-8-12(19-20)7-10-18-16(21)14-4-2-6-15-13(14)5-3-9-17-15/h2,4,6,8,11,17H,3,5,7,9-10H2,1H3,(H,18,21). The van der Waals surface area contributed by atoms with Gasteiger partial charge in [0.1, 0.15) is 0 Å². The molecular formula is C16H20N4O. The molecule has 0 unspecified atom stereocenters. The second-order valence-electron chi connectivity index (χ2n) is 5.35. The van der Waals surface area contributed by atoms with Gasteiger partial charge in [0.2, 0.25) is 0 Å². The van der Waals surface area contributed by atoms with E-state index in [1.54, 1.807) is 4.68 Å². The van der Waals surface area contributed by atoms with Crippen molar-refractivity contribution >= 4 is 11.6 Å². The quantitative estimate of drug-likeness (QED) is 0.899. The van der Waals surface area contributed by atoms with Crippen LogP contribution >= 0.6 is 0 Å². The fourth-order valence-electron chi connectivity index (χ4n) is 2.72. The molecule has 5 nitrogen and oxygen atoms in total. The molecule has 0 atom stereocenters. The second kappa shape index (κ2) is 5.99. The molecule has 110 valence electrons. The molecule has 0 spiro atoms. The van der Waals surface area contributed by atoms with E-state index < -0.39 is 0 Å². The van der Waals surface area contributed by atoms with Crippen LogP contribution in [0.15, 0.2) is 30.5 Å². The Morgan fingerprint density at radius 3 is 3.14 bits per heavy atom. The number of aromatic nitrogens is 2. The molecule has 5 heteroatoms. The van der Waals surface area contributed by atoms with E-state index in [0.717, 1.165) is 48.3 Å². The summed E-state index contributed by atoms with van der Waals surface area (Å²) in [5.41, 5.74) is 4.02. The third kappa shape index (κ3) is 3.07. The van der Waals surface area contributed by atoms with Gasteiger partial charge in [0, 0.05) is 44.0 Å². The van der Waals surface area contributed by atoms with Gasteiger partial charge in [0.15, 0.2) is 0 Å². The molecule has 3 rings (SSSR count). The zero-order chi connectivity index (χ0) is 14.7. The minimum absolute atomic E-state index is 0.00600. The van der Waals surface area contributed by atoms with Gasteiger partial charge in [0.25, 0.3) is 5.91 Å². The molecule has 1 aliphatic rings. The maximum absolute atomic E-state index is 12.3. The smallest absolute Gasteiger partial charge is 0.251 e. The lowest BCUT2D eigenvalue weighted by atomic mass is 9.97. The highest BCUT2D eigenvalue weighted by Crippen LogP contribution is 2.25. The first-order valence-electron chi connectivity index (χ1n) is 7.36. The van der Waals surface area contributed by atoms with Crippen LogP contribution in [0.5, 0.6) is 0 Å². The molecule has 1 aliphatic heterocycles. The Bertz CT molecular complexity index is 647. The van der Waals surface area contributed by atoms with Crippen molar-refractivity contribution in [3.8, 4) is 0 Å². The summed E-state index contributed by atoms with van der Waals surface area (Å²) in [7, 11) is 1.89. The lowest BCUT2D eigenvalue weighted by Crippen LogP contribution is -2.28. The van der Waals surface area contributed by atoms with Crippen LogP contribution in [0.1, 0.15) is 28.0 Å². The van der Waals surface area contributed by atoms with Crippen LogP contribution in [0.4, 0.5) is 5.69 Å². The zero-order valence-electron chi connectivity index (χ0n) is 12.2. The summed E-state index contributed by atoms with van der Waals surface area (Å²) in [6.45, 7) is 1.59. The average Bonchev–Trinajstić information content (AvgIpc) is 2.92. The van der Waals surface area contributed by atoms with Crippen LogP contribution < -0.4 is 10.6 Å². The maximum Gasteiger partial charge on any atom is 0.251 e. The molecule has 0 radical (unpaired) electrons. The number of carbonyl (C=O) groups is 1. The van der Waals surface area contributed by atoms with Gasteiger partial charge < -0.3 is 10.6 Å². The highest BCUT2D eigenvalue weighted by Gasteiger charge is 2.16. The van der Waals surface area contributed by atoms with Crippen molar-refractivity contribution in [3.63, 3.8) is 0 Å². The Morgan fingerprint density at radius 1 is 1.43 bits per heavy atom. The van der Waals surface area contributed by atoms with Gasteiger partial charge in [-0.25, -0.2) is 0 Å². The number of carbonyl (C=O) groups excluding carboxylic acids is 1. The monoisotopic (exact) mass is 284 g/mol. The topological polar surface area (TPSA) is 59.0 Å². The van der Waals surface area contributed by atoms with Crippen molar-refractivity contribution in [2.24, 2.45) is 7.05 Å². The van der Waals surface area contributed by atoms with Gasteiger partial charge in [-0.3, -0.25) is 9.48 Å². The number of hydrogen-bond acceptors (Lipinski definition) is 3. The fraction of sp³-hybridized carbons (Fsp3) is 0.375. The Kier molecular flexibility index (Phi) is 3.90. The van der Waals surface area contributed by atoms with Crippen LogP contribution in [0.25, 0.3) is 0 Å². The summed E-state index contributed by atoms with van der Waals surface area (Å²) in [5, 5.41) is 10.6. The SMILES string of the molecule is Cn1ccc(CCNC(=O)c2cccc3c2CCCN3)n1.